The maximum absolute atomic E-state index is 14.1. The molecule has 1 aliphatic rings. The van der Waals surface area contributed by atoms with Gasteiger partial charge in [-0.2, -0.15) is 9.78 Å². The summed E-state index contributed by atoms with van der Waals surface area (Å²) in [6, 6.07) is 10.9. The number of aromatic nitrogens is 4. The number of nitrogens with zero attached hydrogens (tertiary/aromatic N) is 4. The van der Waals surface area contributed by atoms with E-state index in [-0.39, 0.29) is 16.6 Å². The van der Waals surface area contributed by atoms with Gasteiger partial charge in [0.2, 0.25) is 0 Å². The van der Waals surface area contributed by atoms with Crippen molar-refractivity contribution in [2.24, 2.45) is 0 Å². The van der Waals surface area contributed by atoms with E-state index in [2.05, 4.69) is 10.1 Å². The van der Waals surface area contributed by atoms with Gasteiger partial charge in [-0.05, 0) is 37.1 Å². The average Bonchev–Trinajstić information content (AvgIpc) is 3.21. The van der Waals surface area contributed by atoms with Gasteiger partial charge in [-0.25, -0.2) is 13.8 Å². The fourth-order valence-corrected chi connectivity index (χ4v) is 4.28. The van der Waals surface area contributed by atoms with Gasteiger partial charge in [-0.1, -0.05) is 23.7 Å². The number of aromatic amines is 1. The fourth-order valence-electron chi connectivity index (χ4n) is 4.03. The lowest BCUT2D eigenvalue weighted by Crippen LogP contribution is -2.35. The lowest BCUT2D eigenvalue weighted by atomic mass is 9.96. The van der Waals surface area contributed by atoms with Gasteiger partial charge in [-0.15, -0.1) is 0 Å². The molecule has 5 rings (SSSR count). The monoisotopic (exact) mass is 441 g/mol. The highest BCUT2D eigenvalue weighted by atomic mass is 35.5. The van der Waals surface area contributed by atoms with E-state index < -0.39 is 17.2 Å². The number of hydrogen-bond donors (Lipinski definition) is 1. The third-order valence-electron chi connectivity index (χ3n) is 5.67. The molecular formula is C22H18ClF2N5O. The fraction of sp³-hybridized carbons (Fsp3) is 0.227. The molecule has 0 amide bonds. The first-order valence-corrected chi connectivity index (χ1v) is 10.3. The number of fused-ring (bicyclic) bond motifs is 1. The standard InChI is InChI=1S/C22H18ClF2N5O/c23-20-19(12-26-30(22(20)31)18-6-5-14(24)11-15(18)25)29-9-7-13(8-10-29)21-27-16-3-1-2-4-17(16)28-21/h1-6,11-13H,7-10H2,(H,27,28). The first kappa shape index (κ1) is 19.7. The summed E-state index contributed by atoms with van der Waals surface area (Å²) in [7, 11) is 0. The molecule has 31 heavy (non-hydrogen) atoms. The van der Waals surface area contributed by atoms with Crippen molar-refractivity contribution < 1.29 is 8.78 Å². The molecule has 9 heteroatoms. The quantitative estimate of drug-likeness (QED) is 0.511. The zero-order valence-corrected chi connectivity index (χ0v) is 17.1. The molecule has 2 aromatic carbocycles. The molecule has 6 nitrogen and oxygen atoms in total. The Balaban J connectivity index is 1.36. The molecule has 1 fully saturated rings. The molecule has 1 N–H and O–H groups in total. The predicted octanol–water partition coefficient (Wildman–Crippen LogP) is 4.42. The van der Waals surface area contributed by atoms with E-state index in [0.717, 1.165) is 46.5 Å². The molecule has 0 spiro atoms. The van der Waals surface area contributed by atoms with Crippen LogP contribution in [0.15, 0.2) is 53.5 Å². The summed E-state index contributed by atoms with van der Waals surface area (Å²) < 4.78 is 28.1. The summed E-state index contributed by atoms with van der Waals surface area (Å²) in [5.41, 5.74) is 1.67. The molecule has 1 aliphatic heterocycles. The van der Waals surface area contributed by atoms with E-state index >= 15 is 0 Å². The molecule has 3 heterocycles. The van der Waals surface area contributed by atoms with E-state index in [9.17, 15) is 13.6 Å². The zero-order chi connectivity index (χ0) is 21.5. The number of para-hydroxylation sites is 2. The summed E-state index contributed by atoms with van der Waals surface area (Å²) >= 11 is 6.34. The summed E-state index contributed by atoms with van der Waals surface area (Å²) in [6.07, 6.45) is 3.13. The number of benzene rings is 2. The van der Waals surface area contributed by atoms with Crippen molar-refractivity contribution >= 4 is 28.3 Å². The third kappa shape index (κ3) is 3.57. The van der Waals surface area contributed by atoms with Crippen molar-refractivity contribution in [1.82, 2.24) is 19.7 Å². The normalized spacial score (nSPS) is 15.0. The minimum absolute atomic E-state index is 0.0408. The topological polar surface area (TPSA) is 66.8 Å². The van der Waals surface area contributed by atoms with Gasteiger partial charge in [0.05, 0.1) is 22.9 Å². The highest BCUT2D eigenvalue weighted by Crippen LogP contribution is 2.32. The number of anilines is 1. The van der Waals surface area contributed by atoms with Crippen LogP contribution in [0.5, 0.6) is 0 Å². The van der Waals surface area contributed by atoms with E-state index in [4.69, 9.17) is 16.6 Å². The van der Waals surface area contributed by atoms with Crippen LogP contribution >= 0.6 is 11.6 Å². The molecule has 0 atom stereocenters. The minimum atomic E-state index is -0.884. The van der Waals surface area contributed by atoms with Crippen molar-refractivity contribution in [3.8, 4) is 5.69 Å². The molecular weight excluding hydrogens is 424 g/mol. The number of hydrogen-bond acceptors (Lipinski definition) is 4. The van der Waals surface area contributed by atoms with Crippen molar-refractivity contribution in [3.05, 3.63) is 81.5 Å². The Morgan fingerprint density at radius 1 is 1.06 bits per heavy atom. The van der Waals surface area contributed by atoms with Crippen LogP contribution < -0.4 is 10.5 Å². The molecule has 0 aliphatic carbocycles. The Kier molecular flexibility index (Phi) is 4.94. The number of H-pyrrole nitrogens is 1. The van der Waals surface area contributed by atoms with Gasteiger partial charge in [0.25, 0.3) is 5.56 Å². The van der Waals surface area contributed by atoms with E-state index in [0.29, 0.717) is 24.8 Å². The van der Waals surface area contributed by atoms with Crippen LogP contribution in [0.3, 0.4) is 0 Å². The molecule has 2 aromatic heterocycles. The average molecular weight is 442 g/mol. The summed E-state index contributed by atoms with van der Waals surface area (Å²) in [5, 5.41) is 4.04. The van der Waals surface area contributed by atoms with Crippen molar-refractivity contribution in [2.75, 3.05) is 18.0 Å². The second-order valence-electron chi connectivity index (χ2n) is 7.56. The highest BCUT2D eigenvalue weighted by molar-refractivity contribution is 6.33. The number of rotatable bonds is 3. The Morgan fingerprint density at radius 2 is 1.84 bits per heavy atom. The summed E-state index contributed by atoms with van der Waals surface area (Å²) in [4.78, 5) is 22.8. The number of halogens is 3. The molecule has 0 radical (unpaired) electrons. The van der Waals surface area contributed by atoms with Crippen LogP contribution in [-0.4, -0.2) is 32.8 Å². The summed E-state index contributed by atoms with van der Waals surface area (Å²) in [5.74, 6) is -0.370. The van der Waals surface area contributed by atoms with Crippen molar-refractivity contribution in [1.29, 1.82) is 0 Å². The third-order valence-corrected chi connectivity index (χ3v) is 6.02. The first-order valence-electron chi connectivity index (χ1n) is 9.94. The molecule has 4 aromatic rings. The van der Waals surface area contributed by atoms with Crippen LogP contribution in [-0.2, 0) is 0 Å². The number of piperidine rings is 1. The molecule has 0 unspecified atom stereocenters. The molecule has 0 bridgehead atoms. The lowest BCUT2D eigenvalue weighted by molar-refractivity contribution is 0.488. The smallest absolute Gasteiger partial charge is 0.292 e. The van der Waals surface area contributed by atoms with Crippen LogP contribution in [0, 0.1) is 11.6 Å². The van der Waals surface area contributed by atoms with Gasteiger partial charge >= 0.3 is 0 Å². The Labute approximate surface area is 181 Å². The van der Waals surface area contributed by atoms with Gasteiger partial charge in [0, 0.05) is 25.1 Å². The maximum atomic E-state index is 14.1. The largest absolute Gasteiger partial charge is 0.369 e. The number of nitrogens with one attached hydrogen (secondary N) is 1. The van der Waals surface area contributed by atoms with E-state index in [1.54, 1.807) is 0 Å². The molecule has 158 valence electrons. The second-order valence-corrected chi connectivity index (χ2v) is 7.93. The molecule has 1 saturated heterocycles. The highest BCUT2D eigenvalue weighted by Gasteiger charge is 2.26. The van der Waals surface area contributed by atoms with Gasteiger partial charge in [0.15, 0.2) is 5.82 Å². The van der Waals surface area contributed by atoms with Crippen LogP contribution in [0.4, 0.5) is 14.5 Å². The maximum Gasteiger partial charge on any atom is 0.292 e. The minimum Gasteiger partial charge on any atom is -0.369 e. The zero-order valence-electron chi connectivity index (χ0n) is 16.4. The Morgan fingerprint density at radius 3 is 2.58 bits per heavy atom. The van der Waals surface area contributed by atoms with Gasteiger partial charge in [0.1, 0.15) is 22.4 Å². The van der Waals surface area contributed by atoms with Gasteiger partial charge < -0.3 is 9.88 Å². The first-order chi connectivity index (χ1) is 15.0. The predicted molar refractivity (Wildman–Crippen MR) is 115 cm³/mol. The Hall–Kier alpha value is -3.26. The Bertz CT molecular complexity index is 1290. The molecule has 0 saturated carbocycles. The van der Waals surface area contributed by atoms with Crippen LogP contribution in [0.1, 0.15) is 24.6 Å². The second kappa shape index (κ2) is 7.77. The van der Waals surface area contributed by atoms with E-state index in [1.807, 2.05) is 29.2 Å². The number of imidazole rings is 1. The van der Waals surface area contributed by atoms with Crippen LogP contribution in [0.25, 0.3) is 16.7 Å². The van der Waals surface area contributed by atoms with E-state index in [1.165, 1.54) is 6.20 Å². The van der Waals surface area contributed by atoms with Crippen molar-refractivity contribution in [2.45, 2.75) is 18.8 Å². The van der Waals surface area contributed by atoms with Crippen LogP contribution in [0.2, 0.25) is 5.02 Å². The SMILES string of the molecule is O=c1c(Cl)c(N2CCC(c3nc4ccccc4[nH]3)CC2)cnn1-c1ccc(F)cc1F. The summed E-state index contributed by atoms with van der Waals surface area (Å²) in [6.45, 7) is 1.36. The lowest BCUT2D eigenvalue weighted by Gasteiger charge is -2.33. The van der Waals surface area contributed by atoms with Crippen molar-refractivity contribution in [3.63, 3.8) is 0 Å². The van der Waals surface area contributed by atoms with Gasteiger partial charge in [-0.3, -0.25) is 4.79 Å².